The molecule has 2 fully saturated rings. The zero-order valence-electron chi connectivity index (χ0n) is 4.89. The first-order valence-electron chi connectivity index (χ1n) is 3.07. The van der Waals surface area contributed by atoms with Gasteiger partial charge in [-0.3, -0.25) is 0 Å². The van der Waals surface area contributed by atoms with E-state index in [4.69, 9.17) is 5.73 Å². The third-order valence-electron chi connectivity index (χ3n) is 2.54. The average Bonchev–Trinajstić information content (AvgIpc) is 2.52. The Kier molecular flexibility index (Phi) is 1.28. The summed E-state index contributed by atoms with van der Waals surface area (Å²) >= 11 is 0. The highest BCUT2D eigenvalue weighted by Gasteiger charge is 2.61. The van der Waals surface area contributed by atoms with Crippen molar-refractivity contribution in [1.29, 1.82) is 0 Å². The molecule has 0 saturated heterocycles. The Labute approximate surface area is 56.0 Å². The molecule has 0 aromatic rings. The van der Waals surface area contributed by atoms with Crippen LogP contribution in [0.3, 0.4) is 0 Å². The molecule has 0 amide bonds. The van der Waals surface area contributed by atoms with Gasteiger partial charge < -0.3 is 5.73 Å². The lowest BCUT2D eigenvalue weighted by molar-refractivity contribution is 0.716. The molecular formula is C6H12ClN. The van der Waals surface area contributed by atoms with Crippen molar-refractivity contribution in [3.8, 4) is 0 Å². The van der Waals surface area contributed by atoms with E-state index in [9.17, 15) is 0 Å². The SMILES string of the molecule is Cl.NC[C@@H]1CC12CC2. The summed E-state index contributed by atoms with van der Waals surface area (Å²) in [5.74, 6) is 0.937. The third kappa shape index (κ3) is 0.652. The van der Waals surface area contributed by atoms with Crippen LogP contribution in [0, 0.1) is 11.3 Å². The maximum atomic E-state index is 5.45. The van der Waals surface area contributed by atoms with E-state index in [2.05, 4.69) is 0 Å². The Morgan fingerprint density at radius 2 is 2.12 bits per heavy atom. The van der Waals surface area contributed by atoms with Crippen molar-refractivity contribution in [3.05, 3.63) is 0 Å². The van der Waals surface area contributed by atoms with Gasteiger partial charge in [0.25, 0.3) is 0 Å². The lowest BCUT2D eigenvalue weighted by Crippen LogP contribution is -2.01. The molecular weight excluding hydrogens is 122 g/mol. The highest BCUT2D eigenvalue weighted by atomic mass is 35.5. The Morgan fingerprint density at radius 1 is 1.50 bits per heavy atom. The van der Waals surface area contributed by atoms with Crippen LogP contribution in [0.2, 0.25) is 0 Å². The molecule has 0 aromatic carbocycles. The summed E-state index contributed by atoms with van der Waals surface area (Å²) in [6.45, 7) is 0.944. The van der Waals surface area contributed by atoms with E-state index in [0.29, 0.717) is 0 Å². The maximum absolute atomic E-state index is 5.45. The molecule has 0 unspecified atom stereocenters. The summed E-state index contributed by atoms with van der Waals surface area (Å²) in [5.41, 5.74) is 6.29. The number of rotatable bonds is 1. The maximum Gasteiger partial charge on any atom is -0.00433 e. The molecule has 2 heteroatoms. The minimum Gasteiger partial charge on any atom is -0.330 e. The predicted octanol–water partition coefficient (Wildman–Crippen LogP) is 1.17. The van der Waals surface area contributed by atoms with Crippen LogP contribution < -0.4 is 5.73 Å². The zero-order valence-corrected chi connectivity index (χ0v) is 5.71. The van der Waals surface area contributed by atoms with Gasteiger partial charge in [-0.15, -0.1) is 12.4 Å². The molecule has 1 atom stereocenters. The van der Waals surface area contributed by atoms with Crippen LogP contribution in [-0.2, 0) is 0 Å². The van der Waals surface area contributed by atoms with Gasteiger partial charge in [-0.1, -0.05) is 0 Å². The Morgan fingerprint density at radius 3 is 2.25 bits per heavy atom. The van der Waals surface area contributed by atoms with E-state index in [-0.39, 0.29) is 12.4 Å². The summed E-state index contributed by atoms with van der Waals surface area (Å²) in [5, 5.41) is 0. The summed E-state index contributed by atoms with van der Waals surface area (Å²) in [7, 11) is 0. The van der Waals surface area contributed by atoms with Crippen molar-refractivity contribution in [3.63, 3.8) is 0 Å². The summed E-state index contributed by atoms with van der Waals surface area (Å²) < 4.78 is 0. The second kappa shape index (κ2) is 1.61. The summed E-state index contributed by atoms with van der Waals surface area (Å²) in [6, 6.07) is 0. The Bertz CT molecular complexity index is 98.7. The molecule has 2 rings (SSSR count). The summed E-state index contributed by atoms with van der Waals surface area (Å²) in [6.07, 6.45) is 4.41. The smallest absolute Gasteiger partial charge is 0.00433 e. The number of halogens is 1. The van der Waals surface area contributed by atoms with Crippen molar-refractivity contribution < 1.29 is 0 Å². The lowest BCUT2D eigenvalue weighted by Gasteiger charge is -1.82. The number of nitrogens with two attached hydrogens (primary N) is 1. The van der Waals surface area contributed by atoms with Gasteiger partial charge >= 0.3 is 0 Å². The first kappa shape index (κ1) is 6.37. The van der Waals surface area contributed by atoms with Gasteiger partial charge in [-0.05, 0) is 37.1 Å². The largest absolute Gasteiger partial charge is 0.330 e. The molecule has 0 radical (unpaired) electrons. The lowest BCUT2D eigenvalue weighted by atomic mass is 10.3. The fourth-order valence-electron chi connectivity index (χ4n) is 1.54. The first-order valence-corrected chi connectivity index (χ1v) is 3.07. The van der Waals surface area contributed by atoms with Gasteiger partial charge in [-0.25, -0.2) is 0 Å². The third-order valence-corrected chi connectivity index (χ3v) is 2.54. The van der Waals surface area contributed by atoms with Gasteiger partial charge in [0, 0.05) is 0 Å². The number of hydrogen-bond donors (Lipinski definition) is 1. The minimum absolute atomic E-state index is 0. The molecule has 8 heavy (non-hydrogen) atoms. The summed E-state index contributed by atoms with van der Waals surface area (Å²) in [4.78, 5) is 0. The molecule has 2 aliphatic rings. The fraction of sp³-hybridized carbons (Fsp3) is 1.00. The van der Waals surface area contributed by atoms with Crippen LogP contribution in [0.15, 0.2) is 0 Å². The van der Waals surface area contributed by atoms with Crippen molar-refractivity contribution in [1.82, 2.24) is 0 Å². The normalized spacial score (nSPS) is 36.4. The van der Waals surface area contributed by atoms with E-state index >= 15 is 0 Å². The van der Waals surface area contributed by atoms with Gasteiger partial charge in [0.15, 0.2) is 0 Å². The van der Waals surface area contributed by atoms with Crippen LogP contribution in [-0.4, -0.2) is 6.54 Å². The Hall–Kier alpha value is 0.250. The Balaban J connectivity index is 0.000000320. The molecule has 1 nitrogen and oxygen atoms in total. The number of hydrogen-bond acceptors (Lipinski definition) is 1. The molecule has 0 aliphatic heterocycles. The van der Waals surface area contributed by atoms with Crippen LogP contribution in [0.25, 0.3) is 0 Å². The zero-order chi connectivity index (χ0) is 4.91. The predicted molar refractivity (Wildman–Crippen MR) is 36.1 cm³/mol. The van der Waals surface area contributed by atoms with E-state index in [0.717, 1.165) is 17.9 Å². The van der Waals surface area contributed by atoms with Crippen molar-refractivity contribution in [2.75, 3.05) is 6.54 Å². The standard InChI is InChI=1S/C6H11N.ClH/c7-4-5-3-6(5)1-2-6;/h5H,1-4,7H2;1H/t5-;/m0./s1. The van der Waals surface area contributed by atoms with Crippen LogP contribution >= 0.6 is 12.4 Å². The van der Waals surface area contributed by atoms with Crippen molar-refractivity contribution >= 4 is 12.4 Å². The second-order valence-electron chi connectivity index (χ2n) is 3.00. The molecule has 0 bridgehead atoms. The molecule has 2 saturated carbocycles. The van der Waals surface area contributed by atoms with Gasteiger partial charge in [0.2, 0.25) is 0 Å². The van der Waals surface area contributed by atoms with Crippen LogP contribution in [0.1, 0.15) is 19.3 Å². The average molecular weight is 134 g/mol. The second-order valence-corrected chi connectivity index (χ2v) is 3.00. The molecule has 2 aliphatic carbocycles. The molecule has 48 valence electrons. The fourth-order valence-corrected chi connectivity index (χ4v) is 1.54. The first-order chi connectivity index (χ1) is 3.37. The van der Waals surface area contributed by atoms with E-state index < -0.39 is 0 Å². The molecule has 0 aromatic heterocycles. The van der Waals surface area contributed by atoms with E-state index in [1.807, 2.05) is 0 Å². The molecule has 1 spiro atoms. The quantitative estimate of drug-likeness (QED) is 0.571. The van der Waals surface area contributed by atoms with E-state index in [1.165, 1.54) is 19.3 Å². The van der Waals surface area contributed by atoms with Gasteiger partial charge in [-0.2, -0.15) is 0 Å². The molecule has 2 N–H and O–H groups in total. The van der Waals surface area contributed by atoms with Crippen molar-refractivity contribution in [2.24, 2.45) is 17.1 Å². The van der Waals surface area contributed by atoms with Gasteiger partial charge in [0.05, 0.1) is 0 Å². The van der Waals surface area contributed by atoms with Crippen LogP contribution in [0.4, 0.5) is 0 Å². The van der Waals surface area contributed by atoms with Crippen LogP contribution in [0.5, 0.6) is 0 Å². The van der Waals surface area contributed by atoms with E-state index in [1.54, 1.807) is 0 Å². The molecule has 0 heterocycles. The minimum atomic E-state index is 0. The van der Waals surface area contributed by atoms with Gasteiger partial charge in [0.1, 0.15) is 0 Å². The highest BCUT2D eigenvalue weighted by Crippen LogP contribution is 2.70. The topological polar surface area (TPSA) is 26.0 Å². The highest BCUT2D eigenvalue weighted by molar-refractivity contribution is 5.85. The van der Waals surface area contributed by atoms with Crippen molar-refractivity contribution in [2.45, 2.75) is 19.3 Å². The monoisotopic (exact) mass is 133 g/mol.